The van der Waals surface area contributed by atoms with Gasteiger partial charge in [0, 0.05) is 1.37 Å². The largest absolute Gasteiger partial charge is 0.573 e. The molecule has 1 aromatic rings. The molecule has 0 atom stereocenters. The second kappa shape index (κ2) is 4.30. The fourth-order valence-electron chi connectivity index (χ4n) is 0.904. The number of alkyl halides is 3. The minimum Gasteiger partial charge on any atom is -0.406 e. The van der Waals surface area contributed by atoms with Crippen molar-refractivity contribution in [3.05, 3.63) is 24.3 Å². The molecule has 0 spiro atoms. The predicted molar refractivity (Wildman–Crippen MR) is 49.4 cm³/mol. The summed E-state index contributed by atoms with van der Waals surface area (Å²) in [4.78, 5) is -0.237. The molecule has 0 bridgehead atoms. The molecule has 8 heteroatoms. The number of benzene rings is 1. The SMILES string of the molecule is [2H]CNS(=O)(=O)c1ccc(OC(F)(F)F)cc1. The van der Waals surface area contributed by atoms with E-state index in [0.717, 1.165) is 24.3 Å². The third-order valence-electron chi connectivity index (χ3n) is 1.56. The smallest absolute Gasteiger partial charge is 0.406 e. The van der Waals surface area contributed by atoms with E-state index < -0.39 is 29.2 Å². The van der Waals surface area contributed by atoms with Crippen molar-refractivity contribution >= 4 is 10.0 Å². The van der Waals surface area contributed by atoms with Crippen LogP contribution in [0.1, 0.15) is 1.37 Å². The van der Waals surface area contributed by atoms with Crippen LogP contribution in [0.4, 0.5) is 13.2 Å². The molecule has 0 radical (unpaired) electrons. The molecule has 0 amide bonds. The van der Waals surface area contributed by atoms with E-state index in [4.69, 9.17) is 1.37 Å². The van der Waals surface area contributed by atoms with Crippen molar-refractivity contribution in [3.8, 4) is 5.75 Å². The molecule has 0 heterocycles. The quantitative estimate of drug-likeness (QED) is 0.891. The summed E-state index contributed by atoms with van der Waals surface area (Å²) in [6.45, 7) is 0. The fourth-order valence-corrected chi connectivity index (χ4v) is 1.56. The molecule has 90 valence electrons. The number of sulfonamides is 1. The van der Waals surface area contributed by atoms with Crippen molar-refractivity contribution in [1.29, 1.82) is 0 Å². The van der Waals surface area contributed by atoms with Gasteiger partial charge in [-0.15, -0.1) is 13.2 Å². The highest BCUT2D eigenvalue weighted by atomic mass is 32.2. The Kier molecular flexibility index (Phi) is 3.01. The summed E-state index contributed by atoms with van der Waals surface area (Å²) >= 11 is 0. The zero-order valence-corrected chi connectivity index (χ0v) is 8.60. The van der Waals surface area contributed by atoms with Crippen LogP contribution in [0.2, 0.25) is 0 Å². The average molecular weight is 256 g/mol. The summed E-state index contributed by atoms with van der Waals surface area (Å²) in [6.07, 6.45) is -4.82. The van der Waals surface area contributed by atoms with Crippen LogP contribution in [0.3, 0.4) is 0 Å². The van der Waals surface area contributed by atoms with Gasteiger partial charge in [0.25, 0.3) is 0 Å². The number of hydrogen-bond acceptors (Lipinski definition) is 3. The number of hydrogen-bond donors (Lipinski definition) is 1. The highest BCUT2D eigenvalue weighted by molar-refractivity contribution is 7.89. The first-order valence-corrected chi connectivity index (χ1v) is 5.37. The molecular formula is C8H8F3NO3S. The van der Waals surface area contributed by atoms with E-state index in [1.165, 1.54) is 0 Å². The zero-order valence-electron chi connectivity index (χ0n) is 8.78. The van der Waals surface area contributed by atoms with Crippen molar-refractivity contribution in [2.24, 2.45) is 0 Å². The van der Waals surface area contributed by atoms with Gasteiger partial charge in [-0.3, -0.25) is 0 Å². The van der Waals surface area contributed by atoms with Crippen molar-refractivity contribution in [2.45, 2.75) is 11.3 Å². The lowest BCUT2D eigenvalue weighted by Gasteiger charge is -2.09. The standard InChI is InChI=1S/C8H8F3NO3S/c1-12-16(13,14)7-4-2-6(3-5-7)15-8(9,10)11/h2-5,12H,1H3/i1D. The molecule has 1 N–H and O–H groups in total. The van der Waals surface area contributed by atoms with Crippen LogP contribution in [0, 0.1) is 0 Å². The first-order chi connectivity index (χ1) is 7.74. The molecule has 0 aliphatic rings. The van der Waals surface area contributed by atoms with E-state index in [1.807, 2.05) is 4.72 Å². The van der Waals surface area contributed by atoms with Crippen LogP contribution in [-0.2, 0) is 10.0 Å². The molecule has 0 aromatic heterocycles. The second-order valence-corrected chi connectivity index (χ2v) is 4.43. The van der Waals surface area contributed by atoms with Crippen LogP contribution < -0.4 is 9.46 Å². The Morgan fingerprint density at radius 3 is 2.31 bits per heavy atom. The van der Waals surface area contributed by atoms with Gasteiger partial charge in [0.1, 0.15) is 5.75 Å². The minimum atomic E-state index is -4.82. The van der Waals surface area contributed by atoms with Crippen molar-refractivity contribution in [3.63, 3.8) is 0 Å². The predicted octanol–water partition coefficient (Wildman–Crippen LogP) is 1.49. The van der Waals surface area contributed by atoms with Gasteiger partial charge in [-0.05, 0) is 31.3 Å². The fraction of sp³-hybridized carbons (Fsp3) is 0.250. The number of rotatable bonds is 3. The third kappa shape index (κ3) is 3.38. The van der Waals surface area contributed by atoms with E-state index in [1.54, 1.807) is 0 Å². The summed E-state index contributed by atoms with van der Waals surface area (Å²) in [6, 6.07) is 3.68. The Balaban J connectivity index is 2.89. The van der Waals surface area contributed by atoms with Gasteiger partial charge >= 0.3 is 6.36 Å². The topological polar surface area (TPSA) is 55.4 Å². The number of nitrogens with one attached hydrogen (secondary N) is 1. The lowest BCUT2D eigenvalue weighted by molar-refractivity contribution is -0.274. The van der Waals surface area contributed by atoms with Gasteiger partial charge in [0.15, 0.2) is 0 Å². The summed E-state index contributed by atoms with van der Waals surface area (Å²) in [5.74, 6) is -0.512. The third-order valence-corrected chi connectivity index (χ3v) is 2.83. The summed E-state index contributed by atoms with van der Waals surface area (Å²) in [5.41, 5.74) is 0. The first-order valence-electron chi connectivity index (χ1n) is 4.60. The van der Waals surface area contributed by atoms with Gasteiger partial charge in [-0.25, -0.2) is 13.1 Å². The Morgan fingerprint density at radius 2 is 1.88 bits per heavy atom. The van der Waals surface area contributed by atoms with Crippen molar-refractivity contribution < 1.29 is 27.7 Å². The van der Waals surface area contributed by atoms with Gasteiger partial charge in [-0.1, -0.05) is 0 Å². The lowest BCUT2D eigenvalue weighted by atomic mass is 10.3. The van der Waals surface area contributed by atoms with E-state index in [-0.39, 0.29) is 4.90 Å². The van der Waals surface area contributed by atoms with E-state index in [9.17, 15) is 21.6 Å². The maximum atomic E-state index is 11.8. The Bertz CT molecular complexity index is 472. The molecule has 0 aliphatic carbocycles. The zero-order chi connectivity index (χ0) is 13.1. The van der Waals surface area contributed by atoms with E-state index >= 15 is 0 Å². The molecule has 0 saturated heterocycles. The Hall–Kier alpha value is -1.28. The van der Waals surface area contributed by atoms with Gasteiger partial charge < -0.3 is 4.74 Å². The summed E-state index contributed by atoms with van der Waals surface area (Å²) in [5, 5.41) is 0. The van der Waals surface area contributed by atoms with Gasteiger partial charge in [0.2, 0.25) is 10.0 Å². The van der Waals surface area contributed by atoms with Crippen LogP contribution in [-0.4, -0.2) is 21.8 Å². The molecule has 16 heavy (non-hydrogen) atoms. The maximum absolute atomic E-state index is 11.8. The van der Waals surface area contributed by atoms with Crippen LogP contribution in [0.15, 0.2) is 29.2 Å². The van der Waals surface area contributed by atoms with Gasteiger partial charge in [-0.2, -0.15) is 0 Å². The minimum absolute atomic E-state index is 0.237. The van der Waals surface area contributed by atoms with Crippen molar-refractivity contribution in [1.82, 2.24) is 4.72 Å². The number of halogens is 3. The number of ether oxygens (including phenoxy) is 1. The molecule has 0 unspecified atom stereocenters. The molecular weight excluding hydrogens is 247 g/mol. The normalized spacial score (nSPS) is 13.3. The van der Waals surface area contributed by atoms with Crippen LogP contribution >= 0.6 is 0 Å². The second-order valence-electron chi connectivity index (χ2n) is 2.67. The Morgan fingerprint density at radius 1 is 1.31 bits per heavy atom. The van der Waals surface area contributed by atoms with E-state index in [2.05, 4.69) is 4.74 Å². The lowest BCUT2D eigenvalue weighted by Crippen LogP contribution is -2.19. The molecule has 0 saturated carbocycles. The molecule has 0 fully saturated rings. The molecule has 0 aliphatic heterocycles. The summed E-state index contributed by atoms with van der Waals surface area (Å²) in [7, 11) is -4.40. The van der Waals surface area contributed by atoms with Gasteiger partial charge in [0.05, 0.1) is 4.90 Å². The Labute approximate surface area is 91.5 Å². The highest BCUT2D eigenvalue weighted by Crippen LogP contribution is 2.23. The van der Waals surface area contributed by atoms with Crippen LogP contribution in [0.5, 0.6) is 5.75 Å². The molecule has 1 rings (SSSR count). The first kappa shape index (κ1) is 11.2. The molecule has 4 nitrogen and oxygen atoms in total. The summed E-state index contributed by atoms with van der Waals surface area (Å²) < 4.78 is 70.3. The monoisotopic (exact) mass is 256 g/mol. The van der Waals surface area contributed by atoms with Crippen molar-refractivity contribution in [2.75, 3.05) is 7.02 Å². The van der Waals surface area contributed by atoms with E-state index in [0.29, 0.717) is 0 Å². The molecule has 1 aromatic carbocycles. The highest BCUT2D eigenvalue weighted by Gasteiger charge is 2.31. The maximum Gasteiger partial charge on any atom is 0.573 e. The van der Waals surface area contributed by atoms with Crippen LogP contribution in [0.25, 0.3) is 0 Å². The average Bonchev–Trinajstić information content (AvgIpc) is 2.15.